The molecule has 1 heterocycles. The van der Waals surface area contributed by atoms with Crippen molar-refractivity contribution in [1.82, 2.24) is 15.5 Å². The Labute approximate surface area is 170 Å². The number of carbonyl (C=O) groups is 1. The molecular weight excluding hydrogens is 460 g/mol. The van der Waals surface area contributed by atoms with Crippen LogP contribution in [0.5, 0.6) is 0 Å². The lowest BCUT2D eigenvalue weighted by Gasteiger charge is -2.21. The molecule has 2 N–H and O–H groups in total. The van der Waals surface area contributed by atoms with E-state index in [0.717, 1.165) is 38.6 Å². The molecule has 1 aliphatic heterocycles. The van der Waals surface area contributed by atoms with E-state index in [-0.39, 0.29) is 48.3 Å². The number of alkyl halides is 3. The van der Waals surface area contributed by atoms with Gasteiger partial charge < -0.3 is 15.5 Å². The number of halogens is 4. The number of hydrogen-bond acceptors (Lipinski definition) is 2. The average Bonchev–Trinajstić information content (AvgIpc) is 3.23. The highest BCUT2D eigenvalue weighted by atomic mass is 127. The minimum absolute atomic E-state index is 0. The van der Waals surface area contributed by atoms with Crippen molar-refractivity contribution in [3.63, 3.8) is 0 Å². The van der Waals surface area contributed by atoms with Gasteiger partial charge in [0.15, 0.2) is 5.96 Å². The van der Waals surface area contributed by atoms with Crippen molar-refractivity contribution in [2.45, 2.75) is 63.6 Å². The summed E-state index contributed by atoms with van der Waals surface area (Å²) in [5, 5.41) is 6.32. The van der Waals surface area contributed by atoms with Crippen molar-refractivity contribution in [2.24, 2.45) is 10.9 Å². The third-order valence-electron chi connectivity index (χ3n) is 4.95. The molecule has 1 saturated heterocycles. The van der Waals surface area contributed by atoms with Crippen LogP contribution < -0.4 is 10.6 Å². The van der Waals surface area contributed by atoms with E-state index in [4.69, 9.17) is 0 Å². The Balaban J connectivity index is 0.00000338. The van der Waals surface area contributed by atoms with Crippen molar-refractivity contribution in [1.29, 1.82) is 0 Å². The van der Waals surface area contributed by atoms with Gasteiger partial charge in [-0.05, 0) is 32.1 Å². The minimum atomic E-state index is -4.08. The van der Waals surface area contributed by atoms with E-state index >= 15 is 0 Å². The summed E-state index contributed by atoms with van der Waals surface area (Å²) in [5.74, 6) is 1.06. The van der Waals surface area contributed by atoms with Crippen LogP contribution in [0, 0.1) is 5.92 Å². The largest absolute Gasteiger partial charge is 0.389 e. The lowest BCUT2D eigenvalue weighted by atomic mass is 10.1. The summed E-state index contributed by atoms with van der Waals surface area (Å²) in [6.07, 6.45) is 0.905. The van der Waals surface area contributed by atoms with Gasteiger partial charge in [0.05, 0.1) is 0 Å². The van der Waals surface area contributed by atoms with Crippen molar-refractivity contribution >= 4 is 35.8 Å². The van der Waals surface area contributed by atoms with Crippen molar-refractivity contribution in [3.05, 3.63) is 0 Å². The molecule has 1 unspecified atom stereocenters. The maximum atomic E-state index is 12.4. The molecule has 0 radical (unpaired) electrons. The number of hydrogen-bond donors (Lipinski definition) is 2. The lowest BCUT2D eigenvalue weighted by Crippen LogP contribution is -2.45. The molecule has 0 aromatic rings. The standard InChI is InChI=1S/C17H29F3N4O.HI/c1-21-16(22-10-5-4-9-17(18,19)20)23-14-8-11-24(12-14)15(25)13-6-2-3-7-13;/h13-14H,2-12H2,1H3,(H2,21,22,23);1H. The van der Waals surface area contributed by atoms with Crippen molar-refractivity contribution in [3.8, 4) is 0 Å². The molecule has 9 heteroatoms. The number of likely N-dealkylation sites (tertiary alicyclic amines) is 1. The second kappa shape index (κ2) is 11.2. The van der Waals surface area contributed by atoms with Crippen LogP contribution in [-0.2, 0) is 4.79 Å². The van der Waals surface area contributed by atoms with Gasteiger partial charge in [0.1, 0.15) is 0 Å². The molecule has 1 saturated carbocycles. The number of nitrogens with zero attached hydrogens (tertiary/aromatic N) is 2. The Morgan fingerprint density at radius 2 is 1.88 bits per heavy atom. The maximum absolute atomic E-state index is 12.4. The molecule has 1 aliphatic carbocycles. The normalized spacial score (nSPS) is 21.6. The summed E-state index contributed by atoms with van der Waals surface area (Å²) in [7, 11) is 1.64. The van der Waals surface area contributed by atoms with Gasteiger partial charge in [-0.2, -0.15) is 13.2 Å². The molecule has 0 spiro atoms. The monoisotopic (exact) mass is 490 g/mol. The van der Waals surface area contributed by atoms with Gasteiger partial charge in [-0.3, -0.25) is 9.79 Å². The zero-order valence-electron chi connectivity index (χ0n) is 15.3. The van der Waals surface area contributed by atoms with Crippen LogP contribution in [0.3, 0.4) is 0 Å². The highest BCUT2D eigenvalue weighted by Crippen LogP contribution is 2.27. The molecule has 26 heavy (non-hydrogen) atoms. The number of guanidine groups is 1. The number of nitrogens with one attached hydrogen (secondary N) is 2. The predicted octanol–water partition coefficient (Wildman–Crippen LogP) is 3.29. The van der Waals surface area contributed by atoms with Crippen LogP contribution in [0.25, 0.3) is 0 Å². The highest BCUT2D eigenvalue weighted by molar-refractivity contribution is 14.0. The molecule has 5 nitrogen and oxygen atoms in total. The molecule has 0 bridgehead atoms. The maximum Gasteiger partial charge on any atom is 0.389 e. The first-order valence-corrected chi connectivity index (χ1v) is 9.22. The molecule has 0 aromatic carbocycles. The molecule has 2 aliphatic rings. The Kier molecular flexibility index (Phi) is 10.0. The molecule has 2 fully saturated rings. The number of carbonyl (C=O) groups excluding carboxylic acids is 1. The Hall–Kier alpha value is -0.740. The molecule has 2 rings (SSSR count). The third kappa shape index (κ3) is 7.87. The number of aliphatic imine (C=N–C) groups is 1. The van der Waals surface area contributed by atoms with Crippen LogP contribution >= 0.6 is 24.0 Å². The van der Waals surface area contributed by atoms with Crippen LogP contribution in [0.15, 0.2) is 4.99 Å². The average molecular weight is 490 g/mol. The number of rotatable bonds is 6. The number of unbranched alkanes of at least 4 members (excludes halogenated alkanes) is 1. The van der Waals surface area contributed by atoms with Gasteiger partial charge in [0.25, 0.3) is 0 Å². The second-order valence-corrected chi connectivity index (χ2v) is 6.97. The van der Waals surface area contributed by atoms with Gasteiger partial charge in [-0.25, -0.2) is 0 Å². The van der Waals surface area contributed by atoms with Crippen LogP contribution in [0.2, 0.25) is 0 Å². The van der Waals surface area contributed by atoms with Gasteiger partial charge in [0.2, 0.25) is 5.91 Å². The summed E-state index contributed by atoms with van der Waals surface area (Å²) >= 11 is 0. The fraction of sp³-hybridized carbons (Fsp3) is 0.882. The summed E-state index contributed by atoms with van der Waals surface area (Å²) in [5.41, 5.74) is 0. The Morgan fingerprint density at radius 1 is 1.19 bits per heavy atom. The zero-order valence-corrected chi connectivity index (χ0v) is 17.6. The zero-order chi connectivity index (χ0) is 18.3. The third-order valence-corrected chi connectivity index (χ3v) is 4.95. The smallest absolute Gasteiger partial charge is 0.356 e. The summed E-state index contributed by atoms with van der Waals surface area (Å²) in [6.45, 7) is 1.88. The van der Waals surface area contributed by atoms with Crippen LogP contribution in [0.1, 0.15) is 51.4 Å². The second-order valence-electron chi connectivity index (χ2n) is 6.97. The van der Waals surface area contributed by atoms with E-state index in [1.54, 1.807) is 7.05 Å². The lowest BCUT2D eigenvalue weighted by molar-refractivity contribution is -0.136. The van der Waals surface area contributed by atoms with Crippen molar-refractivity contribution in [2.75, 3.05) is 26.7 Å². The fourth-order valence-electron chi connectivity index (χ4n) is 3.55. The van der Waals surface area contributed by atoms with E-state index in [1.807, 2.05) is 4.90 Å². The van der Waals surface area contributed by atoms with Gasteiger partial charge >= 0.3 is 6.18 Å². The van der Waals surface area contributed by atoms with Gasteiger partial charge in [0, 0.05) is 45.1 Å². The van der Waals surface area contributed by atoms with E-state index in [9.17, 15) is 18.0 Å². The van der Waals surface area contributed by atoms with E-state index in [0.29, 0.717) is 25.5 Å². The summed E-state index contributed by atoms with van der Waals surface area (Å²) in [4.78, 5) is 18.5. The highest BCUT2D eigenvalue weighted by Gasteiger charge is 2.32. The fourth-order valence-corrected chi connectivity index (χ4v) is 3.55. The molecule has 1 amide bonds. The first kappa shape index (κ1) is 23.3. The first-order valence-electron chi connectivity index (χ1n) is 9.22. The van der Waals surface area contributed by atoms with Crippen LogP contribution in [0.4, 0.5) is 13.2 Å². The minimum Gasteiger partial charge on any atom is -0.356 e. The number of amides is 1. The van der Waals surface area contributed by atoms with Gasteiger partial charge in [-0.15, -0.1) is 24.0 Å². The van der Waals surface area contributed by atoms with Crippen LogP contribution in [-0.4, -0.2) is 55.7 Å². The van der Waals surface area contributed by atoms with E-state index in [1.165, 1.54) is 0 Å². The topological polar surface area (TPSA) is 56.7 Å². The Morgan fingerprint density at radius 3 is 2.50 bits per heavy atom. The SMILES string of the molecule is CN=C(NCCCCC(F)(F)F)NC1CCN(C(=O)C2CCCC2)C1.I. The molecule has 152 valence electrons. The molecule has 1 atom stereocenters. The Bertz CT molecular complexity index is 467. The first-order chi connectivity index (χ1) is 11.9. The van der Waals surface area contributed by atoms with Gasteiger partial charge in [-0.1, -0.05) is 12.8 Å². The summed E-state index contributed by atoms with van der Waals surface area (Å²) in [6, 6.07) is 0.145. The van der Waals surface area contributed by atoms with E-state index in [2.05, 4.69) is 15.6 Å². The quantitative estimate of drug-likeness (QED) is 0.260. The molecule has 0 aromatic heterocycles. The van der Waals surface area contributed by atoms with E-state index < -0.39 is 12.6 Å². The predicted molar refractivity (Wildman–Crippen MR) is 107 cm³/mol. The summed E-state index contributed by atoms with van der Waals surface area (Å²) < 4.78 is 36.3. The molecular formula is C17H30F3IN4O. The van der Waals surface area contributed by atoms with Crippen molar-refractivity contribution < 1.29 is 18.0 Å².